The summed E-state index contributed by atoms with van der Waals surface area (Å²) in [4.78, 5) is 2.36. The number of nitrogen functional groups attached to an aromatic ring is 1. The number of sulfonamides is 1. The Balaban J connectivity index is 2.33. The Morgan fingerprint density at radius 2 is 1.95 bits per heavy atom. The number of hydrogen-bond acceptors (Lipinski definition) is 4. The van der Waals surface area contributed by atoms with E-state index >= 15 is 0 Å². The van der Waals surface area contributed by atoms with Crippen molar-refractivity contribution in [2.24, 2.45) is 0 Å². The van der Waals surface area contributed by atoms with Gasteiger partial charge in [0.05, 0.1) is 15.6 Å². The highest BCUT2D eigenvalue weighted by molar-refractivity contribution is 7.89. The third-order valence-corrected chi connectivity index (χ3v) is 6.07. The molecule has 0 bridgehead atoms. The Bertz CT molecular complexity index is 616. The lowest BCUT2D eigenvalue weighted by molar-refractivity contribution is 0.0801. The van der Waals surface area contributed by atoms with Crippen molar-refractivity contribution < 1.29 is 8.42 Å². The standard InChI is InChI=1S/C13H20ClN3O2S/c1-13(2)9-17(7-6-16(13)3)20(18,19)10-4-5-11(14)12(15)8-10/h4-5,8H,6-7,9,15H2,1-3H3. The van der Waals surface area contributed by atoms with E-state index in [9.17, 15) is 8.42 Å². The quantitative estimate of drug-likeness (QED) is 0.842. The first-order valence-corrected chi connectivity index (χ1v) is 8.23. The molecule has 0 atom stereocenters. The molecule has 20 heavy (non-hydrogen) atoms. The van der Waals surface area contributed by atoms with Crippen LogP contribution < -0.4 is 5.73 Å². The number of nitrogens with zero attached hydrogens (tertiary/aromatic N) is 2. The summed E-state index contributed by atoms with van der Waals surface area (Å²) in [5, 5.41) is 0.364. The van der Waals surface area contributed by atoms with Crippen LogP contribution in [0.1, 0.15) is 13.8 Å². The molecular formula is C13H20ClN3O2S. The summed E-state index contributed by atoms with van der Waals surface area (Å²) < 4.78 is 26.8. The van der Waals surface area contributed by atoms with E-state index in [1.807, 2.05) is 20.9 Å². The van der Waals surface area contributed by atoms with Crippen molar-refractivity contribution in [1.29, 1.82) is 0 Å². The van der Waals surface area contributed by atoms with Crippen molar-refractivity contribution in [1.82, 2.24) is 9.21 Å². The number of likely N-dealkylation sites (N-methyl/N-ethyl adjacent to an activating group) is 1. The van der Waals surface area contributed by atoms with E-state index in [0.717, 1.165) is 0 Å². The monoisotopic (exact) mass is 317 g/mol. The molecular weight excluding hydrogens is 298 g/mol. The summed E-state index contributed by atoms with van der Waals surface area (Å²) in [6.07, 6.45) is 0. The third-order valence-electron chi connectivity index (χ3n) is 3.89. The second-order valence-corrected chi connectivity index (χ2v) is 8.10. The summed E-state index contributed by atoms with van der Waals surface area (Å²) in [5.74, 6) is 0. The van der Waals surface area contributed by atoms with Gasteiger partial charge in [-0.15, -0.1) is 0 Å². The second kappa shape index (κ2) is 5.18. The van der Waals surface area contributed by atoms with Gasteiger partial charge in [-0.2, -0.15) is 4.31 Å². The smallest absolute Gasteiger partial charge is 0.243 e. The van der Waals surface area contributed by atoms with Crippen molar-refractivity contribution >= 4 is 27.3 Å². The summed E-state index contributed by atoms with van der Waals surface area (Å²) in [6, 6.07) is 4.44. The fourth-order valence-corrected chi connectivity index (χ4v) is 3.97. The van der Waals surface area contributed by atoms with Crippen LogP contribution in [0.15, 0.2) is 23.1 Å². The van der Waals surface area contributed by atoms with Gasteiger partial charge < -0.3 is 5.73 Å². The average molecular weight is 318 g/mol. The molecule has 1 heterocycles. The number of benzene rings is 1. The maximum Gasteiger partial charge on any atom is 0.243 e. The molecule has 1 aliphatic rings. The van der Waals surface area contributed by atoms with Gasteiger partial charge >= 0.3 is 0 Å². The van der Waals surface area contributed by atoms with Crippen LogP contribution in [0.3, 0.4) is 0 Å². The highest BCUT2D eigenvalue weighted by Gasteiger charge is 2.37. The largest absolute Gasteiger partial charge is 0.397 e. The van der Waals surface area contributed by atoms with E-state index in [1.54, 1.807) is 0 Å². The topological polar surface area (TPSA) is 66.6 Å². The number of anilines is 1. The average Bonchev–Trinajstić information content (AvgIpc) is 2.35. The van der Waals surface area contributed by atoms with Crippen LogP contribution in [0.25, 0.3) is 0 Å². The Hall–Kier alpha value is -0.820. The van der Waals surface area contributed by atoms with Crippen LogP contribution in [-0.2, 0) is 10.0 Å². The number of piperazine rings is 1. The predicted octanol–water partition coefficient (Wildman–Crippen LogP) is 1.64. The molecule has 0 aromatic heterocycles. The van der Waals surface area contributed by atoms with E-state index in [2.05, 4.69) is 4.90 Å². The zero-order valence-corrected chi connectivity index (χ0v) is 13.5. The highest BCUT2D eigenvalue weighted by Crippen LogP contribution is 2.28. The zero-order chi connectivity index (χ0) is 15.1. The minimum absolute atomic E-state index is 0.191. The SMILES string of the molecule is CN1CCN(S(=O)(=O)c2ccc(Cl)c(N)c2)CC1(C)C. The Morgan fingerprint density at radius 1 is 1.30 bits per heavy atom. The van der Waals surface area contributed by atoms with E-state index in [4.69, 9.17) is 17.3 Å². The normalized spacial score (nSPS) is 21.0. The van der Waals surface area contributed by atoms with Crippen LogP contribution in [0.5, 0.6) is 0 Å². The van der Waals surface area contributed by atoms with Crippen molar-refractivity contribution in [3.05, 3.63) is 23.2 Å². The minimum atomic E-state index is -3.53. The molecule has 0 aliphatic carbocycles. The van der Waals surface area contributed by atoms with Gasteiger partial charge in [-0.1, -0.05) is 11.6 Å². The predicted molar refractivity (Wildman–Crippen MR) is 81.3 cm³/mol. The van der Waals surface area contributed by atoms with Gasteiger partial charge in [0.15, 0.2) is 0 Å². The molecule has 0 saturated carbocycles. The fourth-order valence-electron chi connectivity index (χ4n) is 2.23. The van der Waals surface area contributed by atoms with Gasteiger partial charge in [0.1, 0.15) is 0 Å². The van der Waals surface area contributed by atoms with E-state index < -0.39 is 10.0 Å². The van der Waals surface area contributed by atoms with Gasteiger partial charge in [-0.05, 0) is 39.1 Å². The van der Waals surface area contributed by atoms with E-state index in [-0.39, 0.29) is 16.1 Å². The molecule has 1 aromatic carbocycles. The second-order valence-electron chi connectivity index (χ2n) is 5.76. The summed E-state index contributed by atoms with van der Waals surface area (Å²) in [6.45, 7) is 5.70. The van der Waals surface area contributed by atoms with Gasteiger partial charge in [-0.25, -0.2) is 8.42 Å². The van der Waals surface area contributed by atoms with Gasteiger partial charge in [0.2, 0.25) is 10.0 Å². The molecule has 112 valence electrons. The minimum Gasteiger partial charge on any atom is -0.397 e. The van der Waals surface area contributed by atoms with Gasteiger partial charge in [0.25, 0.3) is 0 Å². The zero-order valence-electron chi connectivity index (χ0n) is 11.9. The van der Waals surface area contributed by atoms with Crippen molar-refractivity contribution in [3.8, 4) is 0 Å². The van der Waals surface area contributed by atoms with Crippen molar-refractivity contribution in [3.63, 3.8) is 0 Å². The van der Waals surface area contributed by atoms with Crippen LogP contribution in [-0.4, -0.2) is 49.8 Å². The molecule has 7 heteroatoms. The summed E-state index contributed by atoms with van der Waals surface area (Å²) >= 11 is 5.84. The fraction of sp³-hybridized carbons (Fsp3) is 0.538. The van der Waals surface area contributed by atoms with Crippen LogP contribution in [0.2, 0.25) is 5.02 Å². The maximum absolute atomic E-state index is 12.7. The van der Waals surface area contributed by atoms with Crippen LogP contribution >= 0.6 is 11.6 Å². The maximum atomic E-state index is 12.7. The molecule has 0 amide bonds. The Labute approximate surface area is 125 Å². The first-order valence-electron chi connectivity index (χ1n) is 6.41. The molecule has 1 saturated heterocycles. The lowest BCUT2D eigenvalue weighted by Gasteiger charge is -2.44. The van der Waals surface area contributed by atoms with Gasteiger partial charge in [0, 0.05) is 25.2 Å². The Morgan fingerprint density at radius 3 is 2.50 bits per heavy atom. The third kappa shape index (κ3) is 2.79. The highest BCUT2D eigenvalue weighted by atomic mass is 35.5. The van der Waals surface area contributed by atoms with Crippen LogP contribution in [0, 0.1) is 0 Å². The molecule has 0 spiro atoms. The summed E-state index contributed by atoms with van der Waals surface area (Å²) in [5.41, 5.74) is 5.79. The van der Waals surface area contributed by atoms with Crippen molar-refractivity contribution in [2.45, 2.75) is 24.3 Å². The molecule has 1 aliphatic heterocycles. The molecule has 2 N–H and O–H groups in total. The molecule has 2 rings (SSSR count). The first-order chi connectivity index (χ1) is 9.14. The van der Waals surface area contributed by atoms with E-state index in [1.165, 1.54) is 22.5 Å². The molecule has 0 unspecified atom stereocenters. The molecule has 1 fully saturated rings. The number of halogens is 1. The number of nitrogens with two attached hydrogens (primary N) is 1. The van der Waals surface area contributed by atoms with E-state index in [0.29, 0.717) is 24.7 Å². The molecule has 1 aromatic rings. The lowest BCUT2D eigenvalue weighted by atomic mass is 10.0. The summed E-state index contributed by atoms with van der Waals surface area (Å²) in [7, 11) is -1.52. The van der Waals surface area contributed by atoms with Crippen molar-refractivity contribution in [2.75, 3.05) is 32.4 Å². The Kier molecular flexibility index (Phi) is 4.03. The number of hydrogen-bond donors (Lipinski definition) is 1. The first kappa shape index (κ1) is 15.6. The molecule has 0 radical (unpaired) electrons. The lowest BCUT2D eigenvalue weighted by Crippen LogP contribution is -2.58. The van der Waals surface area contributed by atoms with Gasteiger partial charge in [-0.3, -0.25) is 4.90 Å². The van der Waals surface area contributed by atoms with Crippen LogP contribution in [0.4, 0.5) is 5.69 Å². The molecule has 5 nitrogen and oxygen atoms in total. The number of rotatable bonds is 2.